The zero-order valence-corrected chi connectivity index (χ0v) is 16.0. The van der Waals surface area contributed by atoms with Crippen LogP contribution >= 0.6 is 11.6 Å². The van der Waals surface area contributed by atoms with E-state index in [2.05, 4.69) is 31.7 Å². The van der Waals surface area contributed by atoms with Gasteiger partial charge in [-0.3, -0.25) is 4.68 Å². The Morgan fingerprint density at radius 2 is 2.18 bits per heavy atom. The van der Waals surface area contributed by atoms with Gasteiger partial charge < -0.3 is 9.09 Å². The predicted molar refractivity (Wildman–Crippen MR) is 104 cm³/mol. The second-order valence-corrected chi connectivity index (χ2v) is 7.75. The van der Waals surface area contributed by atoms with Crippen LogP contribution in [0.3, 0.4) is 0 Å². The van der Waals surface area contributed by atoms with Crippen LogP contribution in [0.2, 0.25) is 5.02 Å². The predicted octanol–water partition coefficient (Wildman–Crippen LogP) is 4.24. The lowest BCUT2D eigenvalue weighted by Gasteiger charge is -2.12. The summed E-state index contributed by atoms with van der Waals surface area (Å²) >= 11 is 6.34. The first-order valence-electron chi connectivity index (χ1n) is 9.48. The fourth-order valence-electron chi connectivity index (χ4n) is 3.96. The van der Waals surface area contributed by atoms with Crippen molar-refractivity contribution < 1.29 is 4.52 Å². The molecule has 3 aromatic heterocycles. The van der Waals surface area contributed by atoms with Gasteiger partial charge in [0.05, 0.1) is 23.3 Å². The van der Waals surface area contributed by atoms with Gasteiger partial charge in [-0.2, -0.15) is 10.1 Å². The topological polar surface area (TPSA) is 74.6 Å². The number of halogens is 1. The van der Waals surface area contributed by atoms with Gasteiger partial charge >= 0.3 is 0 Å². The molecule has 7 nitrogen and oxygen atoms in total. The van der Waals surface area contributed by atoms with E-state index in [0.717, 1.165) is 59.1 Å². The van der Waals surface area contributed by atoms with Crippen LogP contribution in [0.4, 0.5) is 0 Å². The summed E-state index contributed by atoms with van der Waals surface area (Å²) in [7, 11) is 0. The zero-order valence-electron chi connectivity index (χ0n) is 15.3. The van der Waals surface area contributed by atoms with Crippen LogP contribution < -0.4 is 0 Å². The Morgan fingerprint density at radius 1 is 1.29 bits per heavy atom. The van der Waals surface area contributed by atoms with Crippen molar-refractivity contribution in [1.82, 2.24) is 29.5 Å². The Bertz CT molecular complexity index is 1220. The number of aromatic nitrogens is 6. The Hall–Kier alpha value is -2.93. The molecule has 0 bridgehead atoms. The van der Waals surface area contributed by atoms with Gasteiger partial charge in [-0.05, 0) is 38.0 Å². The Balaban J connectivity index is 1.58. The van der Waals surface area contributed by atoms with E-state index in [4.69, 9.17) is 16.1 Å². The Labute approximate surface area is 166 Å². The maximum Gasteiger partial charge on any atom is 0.278 e. The molecule has 0 spiro atoms. The van der Waals surface area contributed by atoms with Gasteiger partial charge in [-0.15, -0.1) is 0 Å². The fourth-order valence-corrected chi connectivity index (χ4v) is 4.13. The van der Waals surface area contributed by atoms with Crippen molar-refractivity contribution in [1.29, 1.82) is 0 Å². The van der Waals surface area contributed by atoms with E-state index in [1.54, 1.807) is 0 Å². The number of hydrogen-bond donors (Lipinski definition) is 0. The lowest BCUT2D eigenvalue weighted by molar-refractivity contribution is 0.421. The molecule has 2 aliphatic rings. The summed E-state index contributed by atoms with van der Waals surface area (Å²) in [5.41, 5.74) is 6.05. The summed E-state index contributed by atoms with van der Waals surface area (Å²) < 4.78 is 9.67. The summed E-state index contributed by atoms with van der Waals surface area (Å²) in [4.78, 5) is 9.24. The highest BCUT2D eigenvalue weighted by Crippen LogP contribution is 2.41. The van der Waals surface area contributed by atoms with Crippen molar-refractivity contribution >= 4 is 11.6 Å². The first-order valence-corrected chi connectivity index (χ1v) is 9.86. The van der Waals surface area contributed by atoms with E-state index in [1.807, 2.05) is 35.4 Å². The maximum atomic E-state index is 6.34. The van der Waals surface area contributed by atoms with E-state index in [0.29, 0.717) is 23.3 Å². The molecule has 0 amide bonds. The molecule has 1 fully saturated rings. The van der Waals surface area contributed by atoms with Crippen molar-refractivity contribution in [3.8, 4) is 28.5 Å². The van der Waals surface area contributed by atoms with E-state index in [9.17, 15) is 0 Å². The summed E-state index contributed by atoms with van der Waals surface area (Å²) in [5, 5.41) is 9.43. The lowest BCUT2D eigenvalue weighted by Crippen LogP contribution is -2.02. The van der Waals surface area contributed by atoms with Crippen LogP contribution in [0, 0.1) is 0 Å². The largest absolute Gasteiger partial charge is 0.332 e. The molecule has 0 N–H and O–H groups in total. The first kappa shape index (κ1) is 16.1. The van der Waals surface area contributed by atoms with Crippen LogP contribution in [0.25, 0.3) is 28.5 Å². The summed E-state index contributed by atoms with van der Waals surface area (Å²) in [6.45, 7) is 2.88. The van der Waals surface area contributed by atoms with Crippen molar-refractivity contribution in [2.75, 3.05) is 0 Å². The monoisotopic (exact) mass is 392 g/mol. The minimum absolute atomic E-state index is 0.441. The molecule has 8 heteroatoms. The maximum absolute atomic E-state index is 6.34. The van der Waals surface area contributed by atoms with Crippen molar-refractivity contribution in [2.45, 2.75) is 38.6 Å². The third-order valence-corrected chi connectivity index (χ3v) is 5.73. The molecule has 6 rings (SSSR count). The molecule has 0 saturated heterocycles. The van der Waals surface area contributed by atoms with Gasteiger partial charge in [-0.1, -0.05) is 16.8 Å². The van der Waals surface area contributed by atoms with E-state index in [1.165, 1.54) is 0 Å². The number of hydrogen-bond acceptors (Lipinski definition) is 5. The van der Waals surface area contributed by atoms with Gasteiger partial charge in [0.25, 0.3) is 5.89 Å². The highest BCUT2D eigenvalue weighted by molar-refractivity contribution is 6.31. The fraction of sp³-hybridized carbons (Fsp3) is 0.300. The van der Waals surface area contributed by atoms with Gasteiger partial charge in [0, 0.05) is 35.0 Å². The third kappa shape index (κ3) is 2.29. The number of rotatable bonds is 3. The van der Waals surface area contributed by atoms with Crippen LogP contribution in [0.15, 0.2) is 35.2 Å². The van der Waals surface area contributed by atoms with E-state index < -0.39 is 0 Å². The molecular formula is C20H17ClN6O. The molecular weight excluding hydrogens is 376 g/mol. The van der Waals surface area contributed by atoms with E-state index in [-0.39, 0.29) is 0 Å². The van der Waals surface area contributed by atoms with Gasteiger partial charge in [0.1, 0.15) is 6.33 Å². The molecule has 28 heavy (non-hydrogen) atoms. The number of imidazole rings is 1. The Morgan fingerprint density at radius 3 is 3.00 bits per heavy atom. The summed E-state index contributed by atoms with van der Waals surface area (Å²) in [6, 6.07) is 5.92. The average Bonchev–Trinajstić information content (AvgIpc) is 3.14. The zero-order chi connectivity index (χ0) is 18.8. The van der Waals surface area contributed by atoms with Gasteiger partial charge in [-0.25, -0.2) is 4.98 Å². The molecule has 0 atom stereocenters. The number of fused-ring (bicyclic) bond motifs is 5. The van der Waals surface area contributed by atoms with Crippen LogP contribution in [0.5, 0.6) is 0 Å². The van der Waals surface area contributed by atoms with E-state index >= 15 is 0 Å². The smallest absolute Gasteiger partial charge is 0.278 e. The molecule has 0 radical (unpaired) electrons. The molecule has 4 heterocycles. The molecule has 1 aliphatic heterocycles. The minimum Gasteiger partial charge on any atom is -0.332 e. The van der Waals surface area contributed by atoms with Crippen LogP contribution in [-0.4, -0.2) is 29.5 Å². The van der Waals surface area contributed by atoms with Crippen LogP contribution in [-0.2, 0) is 13.0 Å². The summed E-state index contributed by atoms with van der Waals surface area (Å²) in [5.74, 6) is 1.71. The number of aryl methyl sites for hydroxylation is 1. The second kappa shape index (κ2) is 5.78. The van der Waals surface area contributed by atoms with Crippen molar-refractivity contribution in [2.24, 2.45) is 0 Å². The third-order valence-electron chi connectivity index (χ3n) is 5.50. The minimum atomic E-state index is 0.441. The number of nitrogens with zero attached hydrogens (tertiary/aromatic N) is 6. The molecule has 0 unspecified atom stereocenters. The standard InChI is InChI=1S/C20H17ClN6O/c1-2-27-18-12(9-23-27)7-16-17(20-24-19(25-28-20)11-3-4-11)22-10-26(16)15-6-5-13(21)8-14(15)18/h5-6,8-11H,2-4,7H2,1H3. The summed E-state index contributed by atoms with van der Waals surface area (Å²) in [6.07, 6.45) is 6.70. The highest BCUT2D eigenvalue weighted by Gasteiger charge is 2.31. The first-order chi connectivity index (χ1) is 13.7. The van der Waals surface area contributed by atoms with Gasteiger partial charge in [0.15, 0.2) is 11.5 Å². The number of benzene rings is 1. The molecule has 1 aromatic carbocycles. The average molecular weight is 393 g/mol. The van der Waals surface area contributed by atoms with Gasteiger partial charge in [0.2, 0.25) is 0 Å². The second-order valence-electron chi connectivity index (χ2n) is 7.31. The quantitative estimate of drug-likeness (QED) is 0.459. The lowest BCUT2D eigenvalue weighted by atomic mass is 10.0. The normalized spacial score (nSPS) is 15.1. The van der Waals surface area contributed by atoms with Crippen LogP contribution in [0.1, 0.15) is 42.8 Å². The SMILES string of the molecule is CCn1ncc2c1-c1cc(Cl)ccc1-n1cnc(-c3nc(C4CC4)no3)c1C2. The highest BCUT2D eigenvalue weighted by atomic mass is 35.5. The van der Waals surface area contributed by atoms with Crippen molar-refractivity contribution in [3.05, 3.63) is 52.8 Å². The Kier molecular flexibility index (Phi) is 3.32. The molecule has 1 aliphatic carbocycles. The van der Waals surface area contributed by atoms with Crippen molar-refractivity contribution in [3.63, 3.8) is 0 Å². The molecule has 140 valence electrons. The molecule has 1 saturated carbocycles. The molecule has 4 aromatic rings.